The van der Waals surface area contributed by atoms with Crippen molar-refractivity contribution in [2.24, 2.45) is 11.8 Å². The highest BCUT2D eigenvalue weighted by atomic mass is 19.1. The lowest BCUT2D eigenvalue weighted by molar-refractivity contribution is -0.146. The van der Waals surface area contributed by atoms with Crippen molar-refractivity contribution in [3.8, 4) is 11.4 Å². The van der Waals surface area contributed by atoms with Crippen LogP contribution in [0.5, 0.6) is 0 Å². The summed E-state index contributed by atoms with van der Waals surface area (Å²) in [4.78, 5) is 30.4. The largest absolute Gasteiger partial charge is 0.469 e. The molecule has 184 valence electrons. The molecule has 10 heteroatoms. The number of pyridine rings is 1. The lowest BCUT2D eigenvalue weighted by atomic mass is 9.82. The maximum Gasteiger partial charge on any atom is 0.308 e. The van der Waals surface area contributed by atoms with Gasteiger partial charge in [-0.25, -0.2) is 9.37 Å². The minimum Gasteiger partial charge on any atom is -0.469 e. The first-order valence-corrected chi connectivity index (χ1v) is 11.7. The summed E-state index contributed by atoms with van der Waals surface area (Å²) < 4.78 is 18.3. The van der Waals surface area contributed by atoms with Crippen molar-refractivity contribution in [1.29, 1.82) is 0 Å². The fourth-order valence-corrected chi connectivity index (χ4v) is 4.42. The molecule has 4 rings (SSSR count). The van der Waals surface area contributed by atoms with E-state index >= 15 is 0 Å². The Bertz CT molecular complexity index is 1220. The third-order valence-corrected chi connectivity index (χ3v) is 6.38. The van der Waals surface area contributed by atoms with Crippen molar-refractivity contribution in [3.05, 3.63) is 58.7 Å². The SMILES string of the molecule is COC(=O)C1CCC(Cn2nnc(-c3cc(C)nc(C(=O)NCc4ccc(F)c(C)c4)c3)n2)CC1. The van der Waals surface area contributed by atoms with Gasteiger partial charge in [0.05, 0.1) is 19.6 Å². The van der Waals surface area contributed by atoms with Gasteiger partial charge in [0.2, 0.25) is 5.82 Å². The molecule has 0 unspecified atom stereocenters. The van der Waals surface area contributed by atoms with E-state index in [2.05, 4.69) is 25.7 Å². The van der Waals surface area contributed by atoms with Crippen molar-refractivity contribution in [1.82, 2.24) is 30.5 Å². The van der Waals surface area contributed by atoms with Gasteiger partial charge in [0, 0.05) is 17.8 Å². The normalized spacial score (nSPS) is 17.7. The maximum atomic E-state index is 13.5. The fourth-order valence-electron chi connectivity index (χ4n) is 4.42. The molecule has 2 heterocycles. The number of amides is 1. The molecule has 0 bridgehead atoms. The quantitative estimate of drug-likeness (QED) is 0.516. The van der Waals surface area contributed by atoms with Crippen molar-refractivity contribution in [2.75, 3.05) is 7.11 Å². The summed E-state index contributed by atoms with van der Waals surface area (Å²) in [5, 5.41) is 15.7. The molecular formula is C25H29FN6O3. The third-order valence-electron chi connectivity index (χ3n) is 6.38. The molecule has 1 aliphatic rings. The number of halogens is 1. The smallest absolute Gasteiger partial charge is 0.308 e. The van der Waals surface area contributed by atoms with Crippen molar-refractivity contribution in [2.45, 2.75) is 52.6 Å². The summed E-state index contributed by atoms with van der Waals surface area (Å²) in [6, 6.07) is 8.18. The number of carbonyl (C=O) groups is 2. The molecule has 0 saturated heterocycles. The Morgan fingerprint density at radius 1 is 1.14 bits per heavy atom. The molecule has 3 aromatic rings. The predicted octanol–water partition coefficient (Wildman–Crippen LogP) is 3.40. The Hall–Kier alpha value is -3.69. The molecule has 1 fully saturated rings. The summed E-state index contributed by atoms with van der Waals surface area (Å²) in [6.07, 6.45) is 3.42. The summed E-state index contributed by atoms with van der Waals surface area (Å²) in [6.45, 7) is 4.36. The minimum atomic E-state index is -0.341. The Morgan fingerprint density at radius 2 is 1.91 bits per heavy atom. The number of tetrazole rings is 1. The number of ether oxygens (including phenoxy) is 1. The van der Waals surface area contributed by atoms with Crippen LogP contribution >= 0.6 is 0 Å². The zero-order valence-corrected chi connectivity index (χ0v) is 20.1. The number of aromatic nitrogens is 5. The molecule has 0 atom stereocenters. The summed E-state index contributed by atoms with van der Waals surface area (Å²) in [7, 11) is 1.43. The fraction of sp³-hybridized carbons (Fsp3) is 0.440. The number of carbonyl (C=O) groups excluding carboxylic acids is 2. The molecule has 0 aliphatic heterocycles. The molecular weight excluding hydrogens is 451 g/mol. The number of hydrogen-bond acceptors (Lipinski definition) is 7. The molecule has 1 N–H and O–H groups in total. The van der Waals surface area contributed by atoms with Crippen LogP contribution in [0.3, 0.4) is 0 Å². The summed E-state index contributed by atoms with van der Waals surface area (Å²) in [5.41, 5.74) is 2.88. The van der Waals surface area contributed by atoms with Gasteiger partial charge in [0.15, 0.2) is 0 Å². The molecule has 1 amide bonds. The number of hydrogen-bond donors (Lipinski definition) is 1. The summed E-state index contributed by atoms with van der Waals surface area (Å²) in [5.74, 6) is 0.0129. The Labute approximate surface area is 203 Å². The van der Waals surface area contributed by atoms with Crippen LogP contribution in [-0.2, 0) is 22.6 Å². The molecule has 1 aliphatic carbocycles. The first kappa shape index (κ1) is 24.4. The number of esters is 1. The third kappa shape index (κ3) is 6.06. The van der Waals surface area contributed by atoms with Gasteiger partial charge in [0.1, 0.15) is 11.5 Å². The van der Waals surface area contributed by atoms with E-state index in [1.165, 1.54) is 13.2 Å². The topological polar surface area (TPSA) is 112 Å². The van der Waals surface area contributed by atoms with Crippen LogP contribution in [0.2, 0.25) is 0 Å². The van der Waals surface area contributed by atoms with Crippen molar-refractivity contribution in [3.63, 3.8) is 0 Å². The molecule has 35 heavy (non-hydrogen) atoms. The van der Waals surface area contributed by atoms with Gasteiger partial charge in [-0.2, -0.15) is 4.80 Å². The number of aryl methyl sites for hydroxylation is 2. The second-order valence-electron chi connectivity index (χ2n) is 9.06. The second kappa shape index (κ2) is 10.7. The Kier molecular flexibility index (Phi) is 7.48. The number of nitrogens with one attached hydrogen (secondary N) is 1. The van der Waals surface area contributed by atoms with Gasteiger partial charge in [-0.1, -0.05) is 12.1 Å². The van der Waals surface area contributed by atoms with Gasteiger partial charge < -0.3 is 10.1 Å². The predicted molar refractivity (Wildman–Crippen MR) is 126 cm³/mol. The molecule has 1 saturated carbocycles. The average Bonchev–Trinajstić information content (AvgIpc) is 3.32. The number of rotatable bonds is 7. The lowest BCUT2D eigenvalue weighted by Gasteiger charge is -2.26. The van der Waals surface area contributed by atoms with Crippen LogP contribution < -0.4 is 5.32 Å². The number of benzene rings is 1. The monoisotopic (exact) mass is 480 g/mol. The van der Waals surface area contributed by atoms with E-state index in [1.807, 2.05) is 6.07 Å². The standard InChI is InChI=1S/C25H29FN6O3/c1-15-10-18(6-9-21(15)26)13-27-24(33)22-12-20(11-16(2)28-22)23-29-31-32(30-23)14-17-4-7-19(8-5-17)25(34)35-3/h6,9-12,17,19H,4-5,7-8,13-14H2,1-3H3,(H,27,33). The Morgan fingerprint density at radius 3 is 2.63 bits per heavy atom. The molecule has 9 nitrogen and oxygen atoms in total. The van der Waals surface area contributed by atoms with Crippen LogP contribution in [0.25, 0.3) is 11.4 Å². The second-order valence-corrected chi connectivity index (χ2v) is 9.06. The highest BCUT2D eigenvalue weighted by Gasteiger charge is 2.27. The van der Waals surface area contributed by atoms with E-state index in [9.17, 15) is 14.0 Å². The first-order valence-electron chi connectivity index (χ1n) is 11.7. The maximum absolute atomic E-state index is 13.5. The van der Waals surface area contributed by atoms with E-state index in [0.29, 0.717) is 35.1 Å². The van der Waals surface area contributed by atoms with Crippen LogP contribution in [0.1, 0.15) is 53.0 Å². The van der Waals surface area contributed by atoms with E-state index in [-0.39, 0.29) is 35.9 Å². The van der Waals surface area contributed by atoms with E-state index in [0.717, 1.165) is 31.2 Å². The van der Waals surface area contributed by atoms with Gasteiger partial charge in [0.25, 0.3) is 5.91 Å². The zero-order valence-electron chi connectivity index (χ0n) is 20.1. The first-order chi connectivity index (χ1) is 16.8. The molecule has 2 aromatic heterocycles. The molecule has 0 radical (unpaired) electrons. The summed E-state index contributed by atoms with van der Waals surface area (Å²) >= 11 is 0. The van der Waals surface area contributed by atoms with Gasteiger partial charge >= 0.3 is 5.97 Å². The highest BCUT2D eigenvalue weighted by Crippen LogP contribution is 2.30. The van der Waals surface area contributed by atoms with Gasteiger partial charge in [-0.15, -0.1) is 10.2 Å². The molecule has 0 spiro atoms. The van der Waals surface area contributed by atoms with E-state index in [4.69, 9.17) is 4.74 Å². The van der Waals surface area contributed by atoms with Crippen LogP contribution in [-0.4, -0.2) is 44.2 Å². The Balaban J connectivity index is 1.39. The minimum absolute atomic E-state index is 0.0213. The van der Waals surface area contributed by atoms with E-state index < -0.39 is 0 Å². The van der Waals surface area contributed by atoms with Crippen LogP contribution in [0.15, 0.2) is 30.3 Å². The highest BCUT2D eigenvalue weighted by molar-refractivity contribution is 5.93. The van der Waals surface area contributed by atoms with Gasteiger partial charge in [-0.3, -0.25) is 9.59 Å². The molecule has 1 aromatic carbocycles. The zero-order chi connectivity index (χ0) is 24.9. The number of nitrogens with zero attached hydrogens (tertiary/aromatic N) is 5. The van der Waals surface area contributed by atoms with Crippen molar-refractivity contribution >= 4 is 11.9 Å². The van der Waals surface area contributed by atoms with Crippen LogP contribution in [0, 0.1) is 31.5 Å². The van der Waals surface area contributed by atoms with Crippen molar-refractivity contribution < 1.29 is 18.7 Å². The van der Waals surface area contributed by atoms with E-state index in [1.54, 1.807) is 36.8 Å². The van der Waals surface area contributed by atoms with Crippen LogP contribution in [0.4, 0.5) is 4.39 Å². The average molecular weight is 481 g/mol. The number of methoxy groups -OCH3 is 1. The lowest BCUT2D eigenvalue weighted by Crippen LogP contribution is -2.25. The van der Waals surface area contributed by atoms with Gasteiger partial charge in [-0.05, 0) is 80.0 Å².